The van der Waals surface area contributed by atoms with Crippen molar-refractivity contribution in [2.45, 2.75) is 58.7 Å². The first-order valence-corrected chi connectivity index (χ1v) is 6.48. The van der Waals surface area contributed by atoms with Gasteiger partial charge in [-0.2, -0.15) is 0 Å². The van der Waals surface area contributed by atoms with Crippen LogP contribution < -0.4 is 0 Å². The van der Waals surface area contributed by atoms with Gasteiger partial charge in [0.15, 0.2) is 0 Å². The van der Waals surface area contributed by atoms with Crippen LogP contribution in [0.5, 0.6) is 0 Å². The van der Waals surface area contributed by atoms with E-state index in [9.17, 15) is 4.79 Å². The quantitative estimate of drug-likeness (QED) is 0.707. The molecule has 3 heteroatoms. The van der Waals surface area contributed by atoms with Crippen LogP contribution in [0.4, 0.5) is 4.79 Å². The molecule has 0 radical (unpaired) electrons. The molecule has 16 heavy (non-hydrogen) atoms. The first kappa shape index (κ1) is 11.7. The molecule has 0 N–H and O–H groups in total. The van der Waals surface area contributed by atoms with Gasteiger partial charge in [0, 0.05) is 25.2 Å². The van der Waals surface area contributed by atoms with Crippen molar-refractivity contribution >= 4 is 6.03 Å². The molecule has 2 rings (SSSR count). The van der Waals surface area contributed by atoms with Crippen LogP contribution in [0.3, 0.4) is 0 Å². The molecule has 1 saturated heterocycles. The van der Waals surface area contributed by atoms with E-state index >= 15 is 0 Å². The van der Waals surface area contributed by atoms with Crippen LogP contribution in [0.25, 0.3) is 0 Å². The second-order valence-corrected chi connectivity index (χ2v) is 6.00. The molecule has 3 nitrogen and oxygen atoms in total. The first-order chi connectivity index (χ1) is 7.43. The van der Waals surface area contributed by atoms with Crippen molar-refractivity contribution in [2.75, 3.05) is 7.05 Å². The van der Waals surface area contributed by atoms with E-state index in [0.717, 1.165) is 5.92 Å². The molecule has 1 aliphatic heterocycles. The minimum Gasteiger partial charge on any atom is -0.325 e. The summed E-state index contributed by atoms with van der Waals surface area (Å²) in [5, 5.41) is 0. The molecule has 0 aromatic carbocycles. The second kappa shape index (κ2) is 3.94. The third kappa shape index (κ3) is 1.80. The first-order valence-electron chi connectivity index (χ1n) is 6.48. The van der Waals surface area contributed by atoms with Crippen molar-refractivity contribution in [3.63, 3.8) is 0 Å². The maximum absolute atomic E-state index is 12.4. The minimum absolute atomic E-state index is 0.235. The number of fused-ring (bicyclic) bond motifs is 1. The predicted octanol–water partition coefficient (Wildman–Crippen LogP) is 2.57. The van der Waals surface area contributed by atoms with Gasteiger partial charge < -0.3 is 9.80 Å². The average Bonchev–Trinajstić information content (AvgIpc) is 2.87. The van der Waals surface area contributed by atoms with Crippen LogP contribution in [0.2, 0.25) is 0 Å². The molecule has 92 valence electrons. The highest BCUT2D eigenvalue weighted by Gasteiger charge is 2.55. The summed E-state index contributed by atoms with van der Waals surface area (Å²) in [7, 11) is 1.92. The fourth-order valence-corrected chi connectivity index (χ4v) is 2.78. The molecule has 0 bridgehead atoms. The predicted molar refractivity (Wildman–Crippen MR) is 65.3 cm³/mol. The summed E-state index contributed by atoms with van der Waals surface area (Å²) in [6.45, 7) is 8.60. The summed E-state index contributed by atoms with van der Waals surface area (Å²) in [6.07, 6.45) is 2.46. The number of rotatable bonds is 2. The smallest absolute Gasteiger partial charge is 0.320 e. The highest BCUT2D eigenvalue weighted by atomic mass is 16.2. The van der Waals surface area contributed by atoms with Gasteiger partial charge in [0.05, 0.1) is 0 Å². The number of hydrogen-bond acceptors (Lipinski definition) is 1. The number of carbonyl (C=O) groups is 1. The molecular formula is C13H24N2O. The third-order valence-corrected chi connectivity index (χ3v) is 4.21. The summed E-state index contributed by atoms with van der Waals surface area (Å²) in [6, 6.07) is 1.55. The molecule has 1 heterocycles. The van der Waals surface area contributed by atoms with Crippen LogP contribution in [-0.4, -0.2) is 41.0 Å². The molecule has 0 aromatic rings. The van der Waals surface area contributed by atoms with Gasteiger partial charge in [-0.25, -0.2) is 4.79 Å². The van der Waals surface area contributed by atoms with E-state index < -0.39 is 0 Å². The highest BCUT2D eigenvalue weighted by molar-refractivity contribution is 5.76. The summed E-state index contributed by atoms with van der Waals surface area (Å²) < 4.78 is 0. The van der Waals surface area contributed by atoms with Gasteiger partial charge in [-0.15, -0.1) is 0 Å². The second-order valence-electron chi connectivity index (χ2n) is 6.00. The lowest BCUT2D eigenvalue weighted by Crippen LogP contribution is -2.49. The number of piperidine rings is 1. The van der Waals surface area contributed by atoms with Crippen molar-refractivity contribution in [3.05, 3.63) is 0 Å². The Hall–Kier alpha value is -0.730. The van der Waals surface area contributed by atoms with Crippen molar-refractivity contribution in [1.29, 1.82) is 0 Å². The van der Waals surface area contributed by atoms with Crippen molar-refractivity contribution < 1.29 is 4.79 Å². The molecule has 2 amide bonds. The van der Waals surface area contributed by atoms with Crippen LogP contribution in [0, 0.1) is 11.8 Å². The van der Waals surface area contributed by atoms with Crippen molar-refractivity contribution in [3.8, 4) is 0 Å². The van der Waals surface area contributed by atoms with E-state index in [1.54, 1.807) is 0 Å². The van der Waals surface area contributed by atoms with E-state index in [0.29, 0.717) is 18.0 Å². The fourth-order valence-electron chi connectivity index (χ4n) is 2.78. The van der Waals surface area contributed by atoms with Gasteiger partial charge in [0.25, 0.3) is 0 Å². The summed E-state index contributed by atoms with van der Waals surface area (Å²) >= 11 is 0. The normalized spacial score (nSPS) is 32.2. The Morgan fingerprint density at radius 1 is 1.25 bits per heavy atom. The van der Waals surface area contributed by atoms with Crippen LogP contribution in [-0.2, 0) is 0 Å². The maximum Gasteiger partial charge on any atom is 0.320 e. The summed E-state index contributed by atoms with van der Waals surface area (Å²) in [5.74, 6) is 1.38. The Labute approximate surface area is 98.8 Å². The van der Waals surface area contributed by atoms with Gasteiger partial charge in [-0.3, -0.25) is 0 Å². The Morgan fingerprint density at radius 3 is 2.38 bits per heavy atom. The van der Waals surface area contributed by atoms with E-state index in [4.69, 9.17) is 0 Å². The summed E-state index contributed by atoms with van der Waals surface area (Å²) in [5.41, 5.74) is 0. The lowest BCUT2D eigenvalue weighted by atomic mass is 10.00. The minimum atomic E-state index is 0.235. The summed E-state index contributed by atoms with van der Waals surface area (Å²) in [4.78, 5) is 16.4. The lowest BCUT2D eigenvalue weighted by molar-refractivity contribution is 0.126. The average molecular weight is 224 g/mol. The van der Waals surface area contributed by atoms with Gasteiger partial charge in [0.1, 0.15) is 0 Å². The van der Waals surface area contributed by atoms with E-state index in [2.05, 4.69) is 32.6 Å². The Balaban J connectivity index is 2.09. The van der Waals surface area contributed by atoms with Gasteiger partial charge >= 0.3 is 6.03 Å². The SMILES string of the molecule is CC(C)C1CC2CC2N1C(=O)N(C)C(C)C. The Bertz CT molecular complexity index is 288. The Kier molecular flexibility index (Phi) is 2.89. The fraction of sp³-hybridized carbons (Fsp3) is 0.923. The number of urea groups is 1. The highest BCUT2D eigenvalue weighted by Crippen LogP contribution is 2.49. The third-order valence-electron chi connectivity index (χ3n) is 4.21. The molecule has 1 aliphatic carbocycles. The Morgan fingerprint density at radius 2 is 1.88 bits per heavy atom. The molecule has 2 fully saturated rings. The molecule has 0 aromatic heterocycles. The largest absolute Gasteiger partial charge is 0.325 e. The number of nitrogens with zero attached hydrogens (tertiary/aromatic N) is 2. The zero-order chi connectivity index (χ0) is 12.0. The molecule has 3 unspecified atom stereocenters. The number of carbonyl (C=O) groups excluding carboxylic acids is 1. The monoisotopic (exact) mass is 224 g/mol. The van der Waals surface area contributed by atoms with Crippen molar-refractivity contribution in [1.82, 2.24) is 9.80 Å². The zero-order valence-corrected chi connectivity index (χ0v) is 11.1. The number of likely N-dealkylation sites (tertiary alicyclic amines) is 1. The standard InChI is InChI=1S/C13H24N2O/c1-8(2)11-6-10-7-12(10)15(11)13(16)14(5)9(3)4/h8-12H,6-7H2,1-5H3. The molecule has 3 atom stereocenters. The molecule has 2 aliphatic rings. The van der Waals surface area contributed by atoms with E-state index in [1.165, 1.54) is 12.8 Å². The van der Waals surface area contributed by atoms with Crippen LogP contribution >= 0.6 is 0 Å². The lowest BCUT2D eigenvalue weighted by Gasteiger charge is -2.35. The number of hydrogen-bond donors (Lipinski definition) is 0. The van der Waals surface area contributed by atoms with E-state index in [-0.39, 0.29) is 12.1 Å². The van der Waals surface area contributed by atoms with Gasteiger partial charge in [-0.05, 0) is 38.5 Å². The van der Waals surface area contributed by atoms with Gasteiger partial charge in [-0.1, -0.05) is 13.8 Å². The maximum atomic E-state index is 12.4. The van der Waals surface area contributed by atoms with Crippen LogP contribution in [0.1, 0.15) is 40.5 Å². The van der Waals surface area contributed by atoms with Crippen molar-refractivity contribution in [2.24, 2.45) is 11.8 Å². The zero-order valence-electron chi connectivity index (χ0n) is 11.1. The van der Waals surface area contributed by atoms with E-state index in [1.807, 2.05) is 11.9 Å². The molecular weight excluding hydrogens is 200 g/mol. The molecule has 0 spiro atoms. The number of amides is 2. The topological polar surface area (TPSA) is 23.6 Å². The van der Waals surface area contributed by atoms with Gasteiger partial charge in [0.2, 0.25) is 0 Å². The van der Waals surface area contributed by atoms with Crippen LogP contribution in [0.15, 0.2) is 0 Å². The molecule has 1 saturated carbocycles.